The number of nitrogens with one attached hydrogen (secondary N) is 1. The molecular formula is C6H10NO4P. The molecule has 0 aliphatic rings. The van der Waals surface area contributed by atoms with Crippen LogP contribution in [-0.4, -0.2) is 21.5 Å². The summed E-state index contributed by atoms with van der Waals surface area (Å²) in [6.07, 6.45) is 1.90. The van der Waals surface area contributed by atoms with E-state index in [2.05, 4.69) is 13.2 Å². The smallest absolute Gasteiger partial charge is 0.335 e. The van der Waals surface area contributed by atoms with Crippen molar-refractivity contribution in [3.05, 3.63) is 25.3 Å². The van der Waals surface area contributed by atoms with E-state index in [1.165, 1.54) is 0 Å². The molecule has 0 radical (unpaired) electrons. The maximum atomic E-state index is 10.6. The van der Waals surface area contributed by atoms with E-state index >= 15 is 0 Å². The molecule has 0 aromatic heterocycles. The summed E-state index contributed by atoms with van der Waals surface area (Å²) in [5.74, 6) is -1.99. The monoisotopic (exact) mass is 191 g/mol. The van der Waals surface area contributed by atoms with E-state index in [9.17, 15) is 9.36 Å². The van der Waals surface area contributed by atoms with Gasteiger partial charge in [-0.05, 0) is 6.08 Å². The van der Waals surface area contributed by atoms with Gasteiger partial charge < -0.3 is 15.1 Å². The molecule has 0 rings (SSSR count). The van der Waals surface area contributed by atoms with E-state index in [-0.39, 0.29) is 0 Å². The Hall–Kier alpha value is -0.900. The average molecular weight is 191 g/mol. The van der Waals surface area contributed by atoms with Crippen LogP contribution in [0.5, 0.6) is 0 Å². The third kappa shape index (κ3) is 3.48. The van der Waals surface area contributed by atoms with E-state index in [0.717, 1.165) is 12.2 Å². The lowest BCUT2D eigenvalue weighted by molar-refractivity contribution is -0.116. The molecule has 0 saturated heterocycles. The molecule has 0 aromatic carbocycles. The summed E-state index contributed by atoms with van der Waals surface area (Å²) in [6, 6.07) is 0. The molecule has 0 bridgehead atoms. The van der Waals surface area contributed by atoms with E-state index in [1.54, 1.807) is 0 Å². The van der Waals surface area contributed by atoms with Crippen LogP contribution in [0.1, 0.15) is 0 Å². The van der Waals surface area contributed by atoms with Crippen molar-refractivity contribution in [3.63, 3.8) is 0 Å². The van der Waals surface area contributed by atoms with Gasteiger partial charge in [0, 0.05) is 0 Å². The van der Waals surface area contributed by atoms with Crippen molar-refractivity contribution in [2.24, 2.45) is 0 Å². The van der Waals surface area contributed by atoms with Gasteiger partial charge in [0.15, 0.2) is 0 Å². The molecular weight excluding hydrogens is 181 g/mol. The second-order valence-corrected chi connectivity index (χ2v) is 3.72. The largest absolute Gasteiger partial charge is 0.351 e. The van der Waals surface area contributed by atoms with Crippen LogP contribution in [0, 0.1) is 0 Å². The Balaban J connectivity index is 4.39. The highest BCUT2D eigenvalue weighted by molar-refractivity contribution is 7.52. The van der Waals surface area contributed by atoms with Crippen molar-refractivity contribution in [2.45, 2.75) is 5.78 Å². The Morgan fingerprint density at radius 2 is 2.00 bits per heavy atom. The first-order valence-electron chi connectivity index (χ1n) is 3.02. The minimum atomic E-state index is -4.34. The van der Waals surface area contributed by atoms with Crippen molar-refractivity contribution >= 4 is 13.5 Å². The Kier molecular flexibility index (Phi) is 3.89. The van der Waals surface area contributed by atoms with Crippen molar-refractivity contribution in [1.29, 1.82) is 0 Å². The Morgan fingerprint density at radius 3 is 2.25 bits per heavy atom. The van der Waals surface area contributed by atoms with Crippen molar-refractivity contribution < 1.29 is 19.1 Å². The van der Waals surface area contributed by atoms with Gasteiger partial charge in [-0.1, -0.05) is 12.7 Å². The van der Waals surface area contributed by atoms with Gasteiger partial charge in [-0.25, -0.2) is 0 Å². The summed E-state index contributed by atoms with van der Waals surface area (Å²) < 4.78 is 10.6. The molecule has 0 aromatic rings. The highest BCUT2D eigenvalue weighted by atomic mass is 31.2. The van der Waals surface area contributed by atoms with Gasteiger partial charge >= 0.3 is 7.60 Å². The van der Waals surface area contributed by atoms with Gasteiger partial charge in [-0.3, -0.25) is 9.36 Å². The van der Waals surface area contributed by atoms with E-state index in [1.807, 2.05) is 5.32 Å². The lowest BCUT2D eigenvalue weighted by Crippen LogP contribution is -2.31. The first kappa shape index (κ1) is 11.1. The molecule has 1 atom stereocenters. The second kappa shape index (κ2) is 4.21. The van der Waals surface area contributed by atoms with Crippen LogP contribution in [0.4, 0.5) is 0 Å². The molecule has 0 heterocycles. The van der Waals surface area contributed by atoms with Crippen molar-refractivity contribution in [2.75, 3.05) is 0 Å². The van der Waals surface area contributed by atoms with E-state index in [0.29, 0.717) is 0 Å². The van der Waals surface area contributed by atoms with Crippen LogP contribution < -0.4 is 5.32 Å². The molecule has 0 spiro atoms. The van der Waals surface area contributed by atoms with Crippen molar-refractivity contribution in [3.8, 4) is 0 Å². The van der Waals surface area contributed by atoms with Gasteiger partial charge in [0.25, 0.3) is 0 Å². The normalized spacial score (nSPS) is 13.2. The number of hydrogen-bond donors (Lipinski definition) is 3. The molecule has 3 N–H and O–H groups in total. The first-order chi connectivity index (χ1) is 5.41. The number of amides is 1. The van der Waals surface area contributed by atoms with Crippen LogP contribution >= 0.6 is 7.60 Å². The maximum Gasteiger partial charge on any atom is 0.351 e. The predicted octanol–water partition coefficient (Wildman–Crippen LogP) is -0.0216. The molecule has 0 aliphatic carbocycles. The number of carbonyl (C=O) groups excluding carboxylic acids is 1. The van der Waals surface area contributed by atoms with Crippen LogP contribution in [0.3, 0.4) is 0 Å². The molecule has 1 unspecified atom stereocenters. The standard InChI is InChI=1S/C6H10NO4P/c1-3-5(8)7-6(4-2)12(9,10)11/h3-4,6H,1-2H2,(H,7,8)(H2,9,10,11). The van der Waals surface area contributed by atoms with Gasteiger partial charge in [0.1, 0.15) is 5.78 Å². The number of carbonyl (C=O) groups is 1. The predicted molar refractivity (Wildman–Crippen MR) is 44.4 cm³/mol. The fraction of sp³-hybridized carbons (Fsp3) is 0.167. The van der Waals surface area contributed by atoms with Gasteiger partial charge in [0.2, 0.25) is 5.91 Å². The SMILES string of the molecule is C=CC(=O)NC(C=C)P(=O)(O)O. The van der Waals surface area contributed by atoms with E-state index < -0.39 is 19.3 Å². The molecule has 0 fully saturated rings. The topological polar surface area (TPSA) is 86.6 Å². The first-order valence-corrected chi connectivity index (χ1v) is 4.70. The molecule has 5 nitrogen and oxygen atoms in total. The highest BCUT2D eigenvalue weighted by Crippen LogP contribution is 2.39. The Labute approximate surface area is 69.9 Å². The molecule has 68 valence electrons. The van der Waals surface area contributed by atoms with Crippen LogP contribution in [0.2, 0.25) is 0 Å². The average Bonchev–Trinajstić information content (AvgIpc) is 1.97. The van der Waals surface area contributed by atoms with Gasteiger partial charge in [-0.2, -0.15) is 0 Å². The second-order valence-electron chi connectivity index (χ2n) is 1.98. The molecule has 6 heteroatoms. The number of rotatable bonds is 4. The molecule has 0 aliphatic heterocycles. The minimum absolute atomic E-state index is 0.650. The summed E-state index contributed by atoms with van der Waals surface area (Å²) in [5.41, 5.74) is 0. The lowest BCUT2D eigenvalue weighted by atomic mass is 10.5. The maximum absolute atomic E-state index is 10.6. The van der Waals surface area contributed by atoms with Crippen LogP contribution in [0.25, 0.3) is 0 Å². The van der Waals surface area contributed by atoms with Crippen molar-refractivity contribution in [1.82, 2.24) is 5.32 Å². The summed E-state index contributed by atoms with van der Waals surface area (Å²) in [4.78, 5) is 27.8. The summed E-state index contributed by atoms with van der Waals surface area (Å²) in [6.45, 7) is 6.30. The number of hydrogen-bond acceptors (Lipinski definition) is 2. The Bertz CT molecular complexity index is 244. The molecule has 1 amide bonds. The quantitative estimate of drug-likeness (QED) is 0.331. The zero-order valence-electron chi connectivity index (χ0n) is 6.30. The Morgan fingerprint density at radius 1 is 1.50 bits per heavy atom. The minimum Gasteiger partial charge on any atom is -0.335 e. The van der Waals surface area contributed by atoms with Crippen LogP contribution in [0.15, 0.2) is 25.3 Å². The van der Waals surface area contributed by atoms with E-state index in [4.69, 9.17) is 9.79 Å². The summed E-state index contributed by atoms with van der Waals surface area (Å²) in [7, 11) is -4.34. The van der Waals surface area contributed by atoms with Crippen LogP contribution in [-0.2, 0) is 9.36 Å². The lowest BCUT2D eigenvalue weighted by Gasteiger charge is -2.14. The fourth-order valence-corrected chi connectivity index (χ4v) is 1.06. The zero-order valence-corrected chi connectivity index (χ0v) is 7.20. The third-order valence-electron chi connectivity index (χ3n) is 1.06. The third-order valence-corrected chi connectivity index (χ3v) is 2.13. The molecule has 0 saturated carbocycles. The van der Waals surface area contributed by atoms with Gasteiger partial charge in [-0.15, -0.1) is 6.58 Å². The zero-order chi connectivity index (χ0) is 9.78. The highest BCUT2D eigenvalue weighted by Gasteiger charge is 2.26. The van der Waals surface area contributed by atoms with Gasteiger partial charge in [0.05, 0.1) is 0 Å². The summed E-state index contributed by atoms with van der Waals surface area (Å²) >= 11 is 0. The summed E-state index contributed by atoms with van der Waals surface area (Å²) in [5, 5.41) is 2.02. The molecule has 12 heavy (non-hydrogen) atoms. The fourth-order valence-electron chi connectivity index (χ4n) is 0.485.